The number of nitrogens with one attached hydrogen (secondary N) is 2. The molecule has 1 unspecified atom stereocenters. The fourth-order valence-corrected chi connectivity index (χ4v) is 3.66. The topological polar surface area (TPSA) is 105 Å². The van der Waals surface area contributed by atoms with E-state index in [1.54, 1.807) is 24.3 Å². The van der Waals surface area contributed by atoms with Gasteiger partial charge in [-0.3, -0.25) is 9.59 Å². The number of rotatable bonds is 21. The molecule has 0 aliphatic carbocycles. The van der Waals surface area contributed by atoms with Crippen LogP contribution in [0.25, 0.3) is 0 Å². The van der Waals surface area contributed by atoms with Crippen molar-refractivity contribution >= 4 is 29.4 Å². The van der Waals surface area contributed by atoms with Gasteiger partial charge in [0.05, 0.1) is 0 Å². The van der Waals surface area contributed by atoms with E-state index in [1.807, 2.05) is 12.2 Å². The predicted molar refractivity (Wildman–Crippen MR) is 176 cm³/mol. The number of benzene rings is 1. The summed E-state index contributed by atoms with van der Waals surface area (Å²) in [6.07, 6.45) is 31.8. The number of halogens is 1. The third-order valence-corrected chi connectivity index (χ3v) is 6.23. The lowest BCUT2D eigenvalue weighted by Gasteiger charge is -2.27. The number of hydrogen-bond donors (Lipinski definition) is 3. The number of carbonyl (C=O) groups excluding carboxylic acids is 2. The zero-order chi connectivity index (χ0) is 31.8. The van der Waals surface area contributed by atoms with E-state index >= 15 is 0 Å². The summed E-state index contributed by atoms with van der Waals surface area (Å²) in [5, 5.41) is 15.1. The summed E-state index contributed by atoms with van der Waals surface area (Å²) < 4.78 is 5.70. The average Bonchev–Trinajstić information content (AvgIpc) is 2.97. The molecule has 0 saturated heterocycles. The van der Waals surface area contributed by atoms with Gasteiger partial charge in [0.2, 0.25) is 5.91 Å². The molecule has 43 heavy (non-hydrogen) atoms. The van der Waals surface area contributed by atoms with Crippen molar-refractivity contribution in [3.63, 3.8) is 0 Å². The number of carbonyl (C=O) groups is 3. The largest absolute Gasteiger partial charge is 0.480 e. The van der Waals surface area contributed by atoms with Crippen LogP contribution in [-0.2, 0) is 14.4 Å². The summed E-state index contributed by atoms with van der Waals surface area (Å²) in [7, 11) is 0. The van der Waals surface area contributed by atoms with Crippen molar-refractivity contribution < 1.29 is 24.2 Å². The molecule has 0 aliphatic heterocycles. The molecule has 8 heteroatoms. The van der Waals surface area contributed by atoms with E-state index < -0.39 is 23.5 Å². The maximum Gasteiger partial charge on any atom is 0.328 e. The number of carboxylic acid groups (broad SMARTS) is 1. The summed E-state index contributed by atoms with van der Waals surface area (Å²) >= 11 is 5.87. The molecule has 234 valence electrons. The molecule has 3 N–H and O–H groups in total. The van der Waals surface area contributed by atoms with Gasteiger partial charge < -0.3 is 20.5 Å². The minimum Gasteiger partial charge on any atom is -0.480 e. The maximum absolute atomic E-state index is 12.7. The number of allylic oxidation sites excluding steroid dienone is 12. The highest BCUT2D eigenvalue weighted by Crippen LogP contribution is 2.21. The second kappa shape index (κ2) is 22.7. The Morgan fingerprint density at radius 3 is 1.74 bits per heavy atom. The third kappa shape index (κ3) is 19.1. The van der Waals surface area contributed by atoms with Gasteiger partial charge in [0.1, 0.15) is 11.8 Å². The zero-order valence-corrected chi connectivity index (χ0v) is 26.4. The Labute approximate surface area is 262 Å². The van der Waals surface area contributed by atoms with E-state index in [1.165, 1.54) is 13.8 Å². The van der Waals surface area contributed by atoms with E-state index in [4.69, 9.17) is 16.3 Å². The SMILES string of the molecule is CC/C=C\C/C=C\C/C=C\C/C=C\C/C=C\C/C=C\CCC(=O)NCC(NC(=O)C(C)(C)Oc1ccc(Cl)cc1)C(=O)O. The third-order valence-electron chi connectivity index (χ3n) is 5.97. The molecule has 0 spiro atoms. The molecule has 1 atom stereocenters. The van der Waals surface area contributed by atoms with Gasteiger partial charge in [0.15, 0.2) is 5.60 Å². The molecule has 1 aromatic rings. The van der Waals surface area contributed by atoms with Crippen LogP contribution >= 0.6 is 11.6 Å². The quantitative estimate of drug-likeness (QED) is 0.124. The van der Waals surface area contributed by atoms with Crippen LogP contribution < -0.4 is 15.4 Å². The van der Waals surface area contributed by atoms with Crippen LogP contribution in [0.4, 0.5) is 0 Å². The van der Waals surface area contributed by atoms with E-state index in [0.717, 1.165) is 38.5 Å². The van der Waals surface area contributed by atoms with Crippen LogP contribution in [0.5, 0.6) is 5.75 Å². The lowest BCUT2D eigenvalue weighted by molar-refractivity contribution is -0.145. The molecule has 0 saturated carbocycles. The molecular formula is C35H47ClN2O5. The Hall–Kier alpha value is -3.84. The van der Waals surface area contributed by atoms with E-state index in [-0.39, 0.29) is 18.9 Å². The van der Waals surface area contributed by atoms with Crippen LogP contribution in [0.3, 0.4) is 0 Å². The Bertz CT molecular complexity index is 1150. The Morgan fingerprint density at radius 1 is 0.814 bits per heavy atom. The summed E-state index contributed by atoms with van der Waals surface area (Å²) in [5.41, 5.74) is -1.35. The average molecular weight is 611 g/mol. The fourth-order valence-electron chi connectivity index (χ4n) is 3.53. The molecule has 0 aliphatic rings. The summed E-state index contributed by atoms with van der Waals surface area (Å²) in [4.78, 5) is 36.5. The van der Waals surface area contributed by atoms with Crippen molar-refractivity contribution in [2.75, 3.05) is 6.54 Å². The molecule has 0 bridgehead atoms. The van der Waals surface area contributed by atoms with Crippen molar-refractivity contribution in [1.29, 1.82) is 0 Å². The van der Waals surface area contributed by atoms with Gasteiger partial charge in [-0.15, -0.1) is 0 Å². The minimum absolute atomic E-state index is 0.216. The minimum atomic E-state index is -1.35. The first-order valence-corrected chi connectivity index (χ1v) is 15.2. The van der Waals surface area contributed by atoms with Gasteiger partial charge in [0.25, 0.3) is 5.91 Å². The molecule has 7 nitrogen and oxygen atoms in total. The maximum atomic E-state index is 12.7. The number of ether oxygens (including phenoxy) is 1. The summed E-state index contributed by atoms with van der Waals surface area (Å²) in [6.45, 7) is 4.96. The van der Waals surface area contributed by atoms with Crippen LogP contribution in [0.1, 0.15) is 72.1 Å². The zero-order valence-electron chi connectivity index (χ0n) is 25.6. The van der Waals surface area contributed by atoms with Crippen LogP contribution in [0, 0.1) is 0 Å². The number of carboxylic acids is 1. The van der Waals surface area contributed by atoms with Gasteiger partial charge in [0, 0.05) is 18.0 Å². The van der Waals surface area contributed by atoms with Crippen molar-refractivity contribution in [3.05, 3.63) is 102 Å². The second-order valence-corrected chi connectivity index (χ2v) is 10.6. The predicted octanol–water partition coefficient (Wildman–Crippen LogP) is 7.66. The lowest BCUT2D eigenvalue weighted by Crippen LogP contribution is -2.55. The van der Waals surface area contributed by atoms with Gasteiger partial charge in [-0.05, 0) is 83.1 Å². The highest BCUT2D eigenvalue weighted by Gasteiger charge is 2.33. The van der Waals surface area contributed by atoms with E-state index in [9.17, 15) is 19.5 Å². The molecule has 1 aromatic carbocycles. The Balaban J connectivity index is 2.23. The summed E-state index contributed by atoms with van der Waals surface area (Å²) in [6, 6.07) is 5.19. The summed E-state index contributed by atoms with van der Waals surface area (Å²) in [5.74, 6) is -1.76. The monoisotopic (exact) mass is 610 g/mol. The first kappa shape index (κ1) is 37.2. The van der Waals surface area contributed by atoms with Crippen LogP contribution in [0.2, 0.25) is 5.02 Å². The first-order chi connectivity index (χ1) is 20.7. The van der Waals surface area contributed by atoms with Crippen molar-refractivity contribution in [2.45, 2.75) is 83.8 Å². The highest BCUT2D eigenvalue weighted by molar-refractivity contribution is 6.30. The van der Waals surface area contributed by atoms with Gasteiger partial charge in [-0.25, -0.2) is 4.79 Å². The van der Waals surface area contributed by atoms with Gasteiger partial charge >= 0.3 is 5.97 Å². The van der Waals surface area contributed by atoms with E-state index in [2.05, 4.69) is 78.3 Å². The fraction of sp³-hybridized carbons (Fsp3) is 0.400. The van der Waals surface area contributed by atoms with Crippen LogP contribution in [0.15, 0.2) is 97.2 Å². The standard InChI is InChI=1S/C35H47ClN2O5/c1-4-5-6-7-8-9-10-11-12-13-14-15-16-17-18-19-20-21-22-23-32(39)37-28-31(33(40)41)38-34(42)35(2,3)43-30-26-24-29(36)25-27-30/h5-6,8-9,11-12,14-15,17-18,20-21,24-27,31H,4,7,10,13,16,19,22-23,28H2,1-3H3,(H,37,39)(H,38,42)(H,40,41)/b6-5-,9-8-,12-11-,15-14-,18-17-,21-20-. The number of aliphatic carboxylic acids is 1. The van der Waals surface area contributed by atoms with Crippen molar-refractivity contribution in [1.82, 2.24) is 10.6 Å². The number of amides is 2. The number of hydrogen-bond acceptors (Lipinski definition) is 4. The van der Waals surface area contributed by atoms with Crippen molar-refractivity contribution in [2.24, 2.45) is 0 Å². The van der Waals surface area contributed by atoms with Gasteiger partial charge in [-0.2, -0.15) is 0 Å². The molecule has 0 fully saturated rings. The van der Waals surface area contributed by atoms with Crippen molar-refractivity contribution in [3.8, 4) is 5.75 Å². The van der Waals surface area contributed by atoms with Gasteiger partial charge in [-0.1, -0.05) is 91.4 Å². The molecule has 0 radical (unpaired) electrons. The first-order valence-electron chi connectivity index (χ1n) is 14.8. The molecule has 1 rings (SSSR count). The molecule has 0 heterocycles. The smallest absolute Gasteiger partial charge is 0.328 e. The second-order valence-electron chi connectivity index (χ2n) is 10.2. The van der Waals surface area contributed by atoms with Crippen LogP contribution in [-0.4, -0.2) is 41.1 Å². The normalized spacial score (nSPS) is 13.2. The molecular weight excluding hydrogens is 564 g/mol. The van der Waals surface area contributed by atoms with E-state index in [0.29, 0.717) is 17.2 Å². The Morgan fingerprint density at radius 2 is 1.28 bits per heavy atom. The highest BCUT2D eigenvalue weighted by atomic mass is 35.5. The molecule has 2 amide bonds. The molecule has 0 aromatic heterocycles. The lowest BCUT2D eigenvalue weighted by atomic mass is 10.1. The Kier molecular flexibility index (Phi) is 19.6.